The van der Waals surface area contributed by atoms with Gasteiger partial charge in [0.05, 0.1) is 18.9 Å². The van der Waals surface area contributed by atoms with Crippen LogP contribution in [0.25, 0.3) is 23.0 Å². The third-order valence-electron chi connectivity index (χ3n) is 6.55. The van der Waals surface area contributed by atoms with Crippen LogP contribution in [0.15, 0.2) is 71.4 Å². The number of carbonyl (C=O) groups excluding carboxylic acids is 2. The number of aryl methyl sites for hydroxylation is 1. The average molecular weight is 525 g/mol. The van der Waals surface area contributed by atoms with Crippen LogP contribution in [0.3, 0.4) is 0 Å². The van der Waals surface area contributed by atoms with Crippen molar-refractivity contribution in [1.29, 1.82) is 5.26 Å². The number of benzene rings is 2. The van der Waals surface area contributed by atoms with E-state index in [1.807, 2.05) is 81.6 Å². The highest BCUT2D eigenvalue weighted by Gasteiger charge is 2.35. The quantitative estimate of drug-likeness (QED) is 0.215. The molecule has 1 aliphatic rings. The lowest BCUT2D eigenvalue weighted by Crippen LogP contribution is -2.43. The number of nitrogens with zero attached hydrogens (tertiary/aromatic N) is 4. The highest BCUT2D eigenvalue weighted by Crippen LogP contribution is 2.33. The smallest absolute Gasteiger partial charge is 0.271 e. The monoisotopic (exact) mass is 524 g/mol. The van der Waals surface area contributed by atoms with Gasteiger partial charge in [-0.3, -0.25) is 14.5 Å². The molecule has 0 atom stereocenters. The molecule has 200 valence electrons. The molecule has 0 unspecified atom stereocenters. The van der Waals surface area contributed by atoms with Crippen LogP contribution in [0, 0.1) is 18.3 Å². The molecule has 8 heteroatoms. The van der Waals surface area contributed by atoms with Crippen molar-refractivity contribution in [2.45, 2.75) is 40.2 Å². The van der Waals surface area contributed by atoms with Crippen molar-refractivity contribution in [3.8, 4) is 28.8 Å². The number of aromatic nitrogens is 2. The van der Waals surface area contributed by atoms with E-state index in [-0.39, 0.29) is 23.8 Å². The van der Waals surface area contributed by atoms with Gasteiger partial charge in [0, 0.05) is 36.0 Å². The predicted octanol–water partition coefficient (Wildman–Crippen LogP) is 5.26. The molecular formula is C31H32N4O4. The SMILES string of the molecule is COc1ccc(-c2nn(-c3ccccc3)cc2/C=C2/C(=O)N(CCCOC(C)C)C(=O)C(C#N)=C2C)c(C)c1. The number of methoxy groups -OCH3 is 1. The molecule has 2 aromatic carbocycles. The van der Waals surface area contributed by atoms with Crippen LogP contribution in [-0.2, 0) is 14.3 Å². The standard InChI is InChI=1S/C31H32N4O4/c1-20(2)39-15-9-14-34-30(36)27(22(4)28(18-32)31(34)37)17-23-19-35(24-10-7-6-8-11-24)33-29(23)26-13-12-25(38-5)16-21(26)3/h6-8,10-13,16-17,19-20H,9,14-15H2,1-5H3/b27-17+. The van der Waals surface area contributed by atoms with Gasteiger partial charge in [0.25, 0.3) is 11.8 Å². The van der Waals surface area contributed by atoms with Gasteiger partial charge < -0.3 is 9.47 Å². The molecule has 3 aromatic rings. The molecule has 0 N–H and O–H groups in total. The molecule has 4 rings (SSSR count). The van der Waals surface area contributed by atoms with Crippen molar-refractivity contribution in [3.05, 3.63) is 82.6 Å². The van der Waals surface area contributed by atoms with Crippen LogP contribution in [0.2, 0.25) is 0 Å². The van der Waals surface area contributed by atoms with Gasteiger partial charge in [-0.15, -0.1) is 0 Å². The first-order chi connectivity index (χ1) is 18.7. The third-order valence-corrected chi connectivity index (χ3v) is 6.55. The fourth-order valence-electron chi connectivity index (χ4n) is 4.47. The number of hydrogen-bond donors (Lipinski definition) is 0. The van der Waals surface area contributed by atoms with E-state index in [0.717, 1.165) is 27.5 Å². The van der Waals surface area contributed by atoms with E-state index in [1.54, 1.807) is 24.8 Å². The first-order valence-corrected chi connectivity index (χ1v) is 12.9. The highest BCUT2D eigenvalue weighted by molar-refractivity contribution is 6.19. The molecule has 0 spiro atoms. The molecule has 2 amide bonds. The predicted molar refractivity (Wildman–Crippen MR) is 149 cm³/mol. The van der Waals surface area contributed by atoms with Gasteiger partial charge in [0.1, 0.15) is 23.1 Å². The van der Waals surface area contributed by atoms with Crippen molar-refractivity contribution < 1.29 is 19.1 Å². The molecule has 0 aliphatic carbocycles. The number of hydrogen-bond acceptors (Lipinski definition) is 6. The molecule has 1 aliphatic heterocycles. The van der Waals surface area contributed by atoms with Crippen LogP contribution in [-0.4, -0.2) is 52.9 Å². The molecule has 0 saturated heterocycles. The van der Waals surface area contributed by atoms with Crippen molar-refractivity contribution in [1.82, 2.24) is 14.7 Å². The summed E-state index contributed by atoms with van der Waals surface area (Å²) in [6, 6.07) is 17.4. The number of ether oxygens (including phenoxy) is 2. The Kier molecular flexibility index (Phi) is 8.43. The minimum absolute atomic E-state index is 0.0387. The molecule has 1 aromatic heterocycles. The Morgan fingerprint density at radius 1 is 1.08 bits per heavy atom. The second-order valence-corrected chi connectivity index (χ2v) is 9.60. The fourth-order valence-corrected chi connectivity index (χ4v) is 4.47. The number of para-hydroxylation sites is 1. The Balaban J connectivity index is 1.82. The van der Waals surface area contributed by atoms with Crippen molar-refractivity contribution >= 4 is 17.9 Å². The van der Waals surface area contributed by atoms with E-state index >= 15 is 0 Å². The summed E-state index contributed by atoms with van der Waals surface area (Å²) in [6.07, 6.45) is 4.10. The summed E-state index contributed by atoms with van der Waals surface area (Å²) in [7, 11) is 1.62. The van der Waals surface area contributed by atoms with Crippen LogP contribution in [0.5, 0.6) is 5.75 Å². The topological polar surface area (TPSA) is 97.4 Å². The number of imide groups is 1. The van der Waals surface area contributed by atoms with Crippen LogP contribution in [0.1, 0.15) is 38.3 Å². The second-order valence-electron chi connectivity index (χ2n) is 9.60. The fraction of sp³-hybridized carbons (Fsp3) is 0.290. The lowest BCUT2D eigenvalue weighted by Gasteiger charge is -2.27. The Hall–Kier alpha value is -4.48. The Morgan fingerprint density at radius 2 is 1.82 bits per heavy atom. The van der Waals surface area contributed by atoms with Gasteiger partial charge in [0.2, 0.25) is 0 Å². The lowest BCUT2D eigenvalue weighted by molar-refractivity contribution is -0.140. The summed E-state index contributed by atoms with van der Waals surface area (Å²) in [4.78, 5) is 27.8. The molecule has 0 radical (unpaired) electrons. The summed E-state index contributed by atoms with van der Waals surface area (Å²) < 4.78 is 12.7. The van der Waals surface area contributed by atoms with Crippen LogP contribution in [0.4, 0.5) is 0 Å². The van der Waals surface area contributed by atoms with E-state index in [2.05, 4.69) is 0 Å². The Morgan fingerprint density at radius 3 is 2.46 bits per heavy atom. The molecule has 0 bridgehead atoms. The van der Waals surface area contributed by atoms with E-state index in [9.17, 15) is 14.9 Å². The van der Waals surface area contributed by atoms with E-state index in [4.69, 9.17) is 14.6 Å². The van der Waals surface area contributed by atoms with Crippen LogP contribution < -0.4 is 4.74 Å². The third kappa shape index (κ3) is 5.84. The molecule has 8 nitrogen and oxygen atoms in total. The zero-order chi connectivity index (χ0) is 28.1. The average Bonchev–Trinajstić information content (AvgIpc) is 3.34. The van der Waals surface area contributed by atoms with Gasteiger partial charge in [-0.25, -0.2) is 4.68 Å². The first kappa shape index (κ1) is 27.6. The summed E-state index contributed by atoms with van der Waals surface area (Å²) in [5, 5.41) is 14.7. The summed E-state index contributed by atoms with van der Waals surface area (Å²) >= 11 is 0. The zero-order valence-corrected chi connectivity index (χ0v) is 22.9. The number of amides is 2. The Bertz CT molecular complexity index is 1490. The van der Waals surface area contributed by atoms with Crippen molar-refractivity contribution in [2.24, 2.45) is 0 Å². The highest BCUT2D eigenvalue weighted by atomic mass is 16.5. The maximum Gasteiger partial charge on any atom is 0.271 e. The molecule has 39 heavy (non-hydrogen) atoms. The van der Waals surface area contributed by atoms with E-state index in [0.29, 0.717) is 29.9 Å². The number of rotatable bonds is 9. The normalized spacial score (nSPS) is 14.9. The molecule has 0 fully saturated rings. The lowest BCUT2D eigenvalue weighted by atomic mass is 9.92. The van der Waals surface area contributed by atoms with Crippen molar-refractivity contribution in [2.75, 3.05) is 20.3 Å². The summed E-state index contributed by atoms with van der Waals surface area (Å²) in [5.41, 5.74) is 4.64. The van der Waals surface area contributed by atoms with E-state index < -0.39 is 11.8 Å². The minimum atomic E-state index is -0.576. The van der Waals surface area contributed by atoms with Gasteiger partial charge in [-0.05, 0) is 81.7 Å². The second kappa shape index (κ2) is 11.9. The summed E-state index contributed by atoms with van der Waals surface area (Å²) in [6.45, 7) is 8.03. The molecule has 0 saturated carbocycles. The zero-order valence-electron chi connectivity index (χ0n) is 22.9. The van der Waals surface area contributed by atoms with Gasteiger partial charge in [-0.1, -0.05) is 18.2 Å². The van der Waals surface area contributed by atoms with Crippen LogP contribution >= 0.6 is 0 Å². The Labute approximate surface area is 228 Å². The summed E-state index contributed by atoms with van der Waals surface area (Å²) in [5.74, 6) is -0.284. The van der Waals surface area contributed by atoms with Crippen molar-refractivity contribution in [3.63, 3.8) is 0 Å². The molecule has 2 heterocycles. The van der Waals surface area contributed by atoms with Gasteiger partial charge >= 0.3 is 0 Å². The van der Waals surface area contributed by atoms with Gasteiger partial charge in [-0.2, -0.15) is 10.4 Å². The van der Waals surface area contributed by atoms with Gasteiger partial charge in [0.15, 0.2) is 0 Å². The minimum Gasteiger partial charge on any atom is -0.497 e. The maximum atomic E-state index is 13.6. The van der Waals surface area contributed by atoms with E-state index in [1.165, 1.54) is 0 Å². The number of nitriles is 1. The largest absolute Gasteiger partial charge is 0.497 e. The number of carbonyl (C=O) groups is 2. The first-order valence-electron chi connectivity index (χ1n) is 12.9. The molecular weight excluding hydrogens is 492 g/mol. The maximum absolute atomic E-state index is 13.6.